The van der Waals surface area contributed by atoms with Crippen LogP contribution in [0.25, 0.3) is 0 Å². The minimum absolute atomic E-state index is 0.0633. The van der Waals surface area contributed by atoms with Crippen LogP contribution in [-0.4, -0.2) is 9.55 Å². The standard InChI is InChI=1S/C15H18N4/c1-11(2)15(17)13-4-6-19(10-13)9-12-3-5-18-14(7-12)8-16/h3-7,10-11,15H,9,17H2,1-2H3. The summed E-state index contributed by atoms with van der Waals surface area (Å²) in [5.41, 5.74) is 8.78. The maximum Gasteiger partial charge on any atom is 0.140 e. The number of nitrogens with zero attached hydrogens (tertiary/aromatic N) is 3. The van der Waals surface area contributed by atoms with Gasteiger partial charge in [-0.05, 0) is 35.2 Å². The van der Waals surface area contributed by atoms with Gasteiger partial charge in [0.1, 0.15) is 11.8 Å². The molecule has 4 heteroatoms. The zero-order valence-electron chi connectivity index (χ0n) is 11.2. The van der Waals surface area contributed by atoms with Crippen molar-refractivity contribution in [2.24, 2.45) is 11.7 Å². The molecule has 1 atom stereocenters. The molecule has 98 valence electrons. The second-order valence-electron chi connectivity index (χ2n) is 5.05. The largest absolute Gasteiger partial charge is 0.350 e. The Morgan fingerprint density at radius 3 is 2.89 bits per heavy atom. The van der Waals surface area contributed by atoms with Crippen LogP contribution in [0.4, 0.5) is 0 Å². The average Bonchev–Trinajstić information content (AvgIpc) is 2.86. The van der Waals surface area contributed by atoms with Crippen LogP contribution in [0.2, 0.25) is 0 Å². The summed E-state index contributed by atoms with van der Waals surface area (Å²) in [5, 5.41) is 8.83. The van der Waals surface area contributed by atoms with Gasteiger partial charge >= 0.3 is 0 Å². The third-order valence-corrected chi connectivity index (χ3v) is 3.18. The molecular weight excluding hydrogens is 236 g/mol. The van der Waals surface area contributed by atoms with Gasteiger partial charge in [0.25, 0.3) is 0 Å². The molecule has 0 bridgehead atoms. The van der Waals surface area contributed by atoms with Crippen LogP contribution >= 0.6 is 0 Å². The highest BCUT2D eigenvalue weighted by atomic mass is 14.9. The zero-order chi connectivity index (χ0) is 13.8. The van der Waals surface area contributed by atoms with E-state index >= 15 is 0 Å². The first-order valence-electron chi connectivity index (χ1n) is 6.36. The lowest BCUT2D eigenvalue weighted by molar-refractivity contribution is 0.513. The molecule has 2 aromatic heterocycles. The van der Waals surface area contributed by atoms with Crippen LogP contribution in [0.15, 0.2) is 36.8 Å². The first kappa shape index (κ1) is 13.3. The summed E-state index contributed by atoms with van der Waals surface area (Å²) < 4.78 is 2.08. The van der Waals surface area contributed by atoms with E-state index in [9.17, 15) is 0 Å². The molecule has 2 N–H and O–H groups in total. The Labute approximate surface area is 113 Å². The summed E-state index contributed by atoms with van der Waals surface area (Å²) in [6, 6.07) is 7.89. The molecule has 0 saturated heterocycles. The monoisotopic (exact) mass is 254 g/mol. The number of pyridine rings is 1. The second-order valence-corrected chi connectivity index (χ2v) is 5.05. The predicted molar refractivity (Wildman–Crippen MR) is 74.3 cm³/mol. The van der Waals surface area contributed by atoms with E-state index in [-0.39, 0.29) is 6.04 Å². The van der Waals surface area contributed by atoms with Crippen LogP contribution in [-0.2, 0) is 6.54 Å². The Morgan fingerprint density at radius 2 is 2.21 bits per heavy atom. The summed E-state index contributed by atoms with van der Waals surface area (Å²) >= 11 is 0. The van der Waals surface area contributed by atoms with E-state index < -0.39 is 0 Å². The van der Waals surface area contributed by atoms with E-state index in [2.05, 4.69) is 41.7 Å². The molecule has 0 aromatic carbocycles. The lowest BCUT2D eigenvalue weighted by Gasteiger charge is -2.13. The highest BCUT2D eigenvalue weighted by Crippen LogP contribution is 2.19. The molecule has 4 nitrogen and oxygen atoms in total. The van der Waals surface area contributed by atoms with E-state index in [1.54, 1.807) is 6.20 Å². The van der Waals surface area contributed by atoms with Gasteiger partial charge in [0.2, 0.25) is 0 Å². The highest BCUT2D eigenvalue weighted by molar-refractivity contribution is 5.26. The number of hydrogen-bond donors (Lipinski definition) is 1. The van der Waals surface area contributed by atoms with Crippen molar-refractivity contribution >= 4 is 0 Å². The zero-order valence-corrected chi connectivity index (χ0v) is 11.2. The van der Waals surface area contributed by atoms with Gasteiger partial charge in [0.05, 0.1) is 0 Å². The number of hydrogen-bond acceptors (Lipinski definition) is 3. The maximum absolute atomic E-state index is 8.83. The van der Waals surface area contributed by atoms with Crippen LogP contribution in [0.3, 0.4) is 0 Å². The Kier molecular flexibility index (Phi) is 3.98. The fourth-order valence-electron chi connectivity index (χ4n) is 1.98. The van der Waals surface area contributed by atoms with Gasteiger partial charge in [-0.1, -0.05) is 13.8 Å². The SMILES string of the molecule is CC(C)C(N)c1ccn(Cc2ccnc(C#N)c2)c1. The van der Waals surface area contributed by atoms with Crippen LogP contribution in [0.5, 0.6) is 0 Å². The van der Waals surface area contributed by atoms with Crippen LogP contribution in [0, 0.1) is 17.2 Å². The molecule has 0 radical (unpaired) electrons. The molecule has 19 heavy (non-hydrogen) atoms. The lowest BCUT2D eigenvalue weighted by atomic mass is 10.00. The van der Waals surface area contributed by atoms with Gasteiger partial charge in [-0.2, -0.15) is 5.26 Å². The maximum atomic E-state index is 8.83. The number of rotatable bonds is 4. The van der Waals surface area contributed by atoms with E-state index in [1.165, 1.54) is 0 Å². The molecule has 0 fully saturated rings. The number of aromatic nitrogens is 2. The van der Waals surface area contributed by atoms with E-state index in [1.807, 2.05) is 18.3 Å². The van der Waals surface area contributed by atoms with Crippen molar-refractivity contribution in [1.82, 2.24) is 9.55 Å². The fourth-order valence-corrected chi connectivity index (χ4v) is 1.98. The predicted octanol–water partition coefficient (Wildman–Crippen LogP) is 2.46. The first-order chi connectivity index (χ1) is 9.10. The van der Waals surface area contributed by atoms with Gasteiger partial charge in [-0.25, -0.2) is 4.98 Å². The minimum atomic E-state index is 0.0633. The quantitative estimate of drug-likeness (QED) is 0.911. The van der Waals surface area contributed by atoms with Crippen molar-refractivity contribution in [1.29, 1.82) is 5.26 Å². The third-order valence-electron chi connectivity index (χ3n) is 3.18. The van der Waals surface area contributed by atoms with Crippen molar-refractivity contribution in [2.45, 2.75) is 26.4 Å². The summed E-state index contributed by atoms with van der Waals surface area (Å²) in [6.45, 7) is 4.95. The summed E-state index contributed by atoms with van der Waals surface area (Å²) in [5.74, 6) is 0.418. The normalized spacial score (nSPS) is 12.4. The Morgan fingerprint density at radius 1 is 1.42 bits per heavy atom. The minimum Gasteiger partial charge on any atom is -0.350 e. The van der Waals surface area contributed by atoms with Crippen molar-refractivity contribution < 1.29 is 0 Å². The molecule has 0 amide bonds. The van der Waals surface area contributed by atoms with Crippen molar-refractivity contribution in [3.05, 3.63) is 53.6 Å². The van der Waals surface area contributed by atoms with Gasteiger partial charge in [-0.15, -0.1) is 0 Å². The van der Waals surface area contributed by atoms with Crippen molar-refractivity contribution in [3.63, 3.8) is 0 Å². The van der Waals surface area contributed by atoms with E-state index in [4.69, 9.17) is 11.0 Å². The van der Waals surface area contributed by atoms with Crippen molar-refractivity contribution in [3.8, 4) is 6.07 Å². The van der Waals surface area contributed by atoms with E-state index in [0.29, 0.717) is 11.6 Å². The van der Waals surface area contributed by atoms with Gasteiger partial charge in [0, 0.05) is 31.2 Å². The van der Waals surface area contributed by atoms with Gasteiger partial charge in [0.15, 0.2) is 0 Å². The Hall–Kier alpha value is -2.12. The molecule has 2 aromatic rings. The molecule has 0 aliphatic heterocycles. The number of nitrogens with two attached hydrogens (primary N) is 1. The van der Waals surface area contributed by atoms with Gasteiger partial charge in [-0.3, -0.25) is 0 Å². The third kappa shape index (κ3) is 3.21. The summed E-state index contributed by atoms with van der Waals surface area (Å²) in [7, 11) is 0. The molecule has 2 rings (SSSR count). The topological polar surface area (TPSA) is 67.6 Å². The van der Waals surface area contributed by atoms with Gasteiger partial charge < -0.3 is 10.3 Å². The number of nitriles is 1. The summed E-state index contributed by atoms with van der Waals surface area (Å²) in [4.78, 5) is 3.97. The fraction of sp³-hybridized carbons (Fsp3) is 0.333. The molecule has 1 unspecified atom stereocenters. The smallest absolute Gasteiger partial charge is 0.140 e. The lowest BCUT2D eigenvalue weighted by Crippen LogP contribution is -2.15. The van der Waals surface area contributed by atoms with E-state index in [0.717, 1.165) is 17.7 Å². The molecule has 0 saturated carbocycles. The Balaban J connectivity index is 2.14. The Bertz CT molecular complexity index is 592. The molecule has 0 spiro atoms. The molecular formula is C15H18N4. The molecule has 0 aliphatic rings. The van der Waals surface area contributed by atoms with Crippen molar-refractivity contribution in [2.75, 3.05) is 0 Å². The van der Waals surface area contributed by atoms with Crippen LogP contribution in [0.1, 0.15) is 36.7 Å². The average molecular weight is 254 g/mol. The molecule has 2 heterocycles. The van der Waals surface area contributed by atoms with Crippen LogP contribution < -0.4 is 5.73 Å². The molecule has 0 aliphatic carbocycles. The first-order valence-corrected chi connectivity index (χ1v) is 6.36. The summed E-state index contributed by atoms with van der Waals surface area (Å²) in [6.07, 6.45) is 5.75. The second kappa shape index (κ2) is 5.68. The highest BCUT2D eigenvalue weighted by Gasteiger charge is 2.11.